The van der Waals surface area contributed by atoms with Crippen LogP contribution in [0.3, 0.4) is 0 Å². The molecule has 0 saturated heterocycles. The normalized spacial score (nSPS) is 25.4. The molecule has 1 aromatic carbocycles. The van der Waals surface area contributed by atoms with Gasteiger partial charge in [0.2, 0.25) is 0 Å². The highest BCUT2D eigenvalue weighted by atomic mass is 16.5. The van der Waals surface area contributed by atoms with Crippen molar-refractivity contribution in [3.05, 3.63) is 29.3 Å². The molecule has 0 aromatic heterocycles. The Morgan fingerprint density at radius 3 is 2.79 bits per heavy atom. The number of phenolic OH excluding ortho intramolecular Hbond substituents is 1. The third-order valence-electron chi connectivity index (χ3n) is 2.77. The van der Waals surface area contributed by atoms with Gasteiger partial charge in [0.15, 0.2) is 0 Å². The Morgan fingerprint density at radius 1 is 1.36 bits per heavy atom. The summed E-state index contributed by atoms with van der Waals surface area (Å²) in [6, 6.07) is 5.11. The molecule has 0 saturated carbocycles. The van der Waals surface area contributed by atoms with Crippen molar-refractivity contribution in [2.45, 2.75) is 25.9 Å². The molecule has 3 nitrogen and oxygen atoms in total. The first-order valence-corrected chi connectivity index (χ1v) is 4.64. The lowest BCUT2D eigenvalue weighted by atomic mass is 9.89. The molecule has 0 bridgehead atoms. The van der Waals surface area contributed by atoms with Gasteiger partial charge in [-0.2, -0.15) is 0 Å². The van der Waals surface area contributed by atoms with Crippen LogP contribution in [0.15, 0.2) is 18.2 Å². The van der Waals surface area contributed by atoms with Gasteiger partial charge in [0, 0.05) is 5.92 Å². The summed E-state index contributed by atoms with van der Waals surface area (Å²) in [6.07, 6.45) is -0.128. The number of phenols is 1. The van der Waals surface area contributed by atoms with E-state index in [9.17, 15) is 9.90 Å². The Hall–Kier alpha value is -1.51. The van der Waals surface area contributed by atoms with Crippen LogP contribution in [0.1, 0.15) is 35.7 Å². The van der Waals surface area contributed by atoms with Crippen molar-refractivity contribution in [2.24, 2.45) is 0 Å². The van der Waals surface area contributed by atoms with Crippen LogP contribution in [0.25, 0.3) is 0 Å². The van der Waals surface area contributed by atoms with Crippen molar-refractivity contribution >= 4 is 5.97 Å². The van der Waals surface area contributed by atoms with Crippen molar-refractivity contribution in [1.29, 1.82) is 0 Å². The van der Waals surface area contributed by atoms with Gasteiger partial charge in [-0.3, -0.25) is 0 Å². The molecule has 1 N–H and O–H groups in total. The minimum absolute atomic E-state index is 0.00579. The van der Waals surface area contributed by atoms with Gasteiger partial charge in [-0.05, 0) is 18.6 Å². The van der Waals surface area contributed by atoms with Gasteiger partial charge in [0.1, 0.15) is 17.4 Å². The first kappa shape index (κ1) is 9.06. The zero-order valence-electron chi connectivity index (χ0n) is 8.15. The Labute approximate surface area is 82.3 Å². The molecular weight excluding hydrogens is 180 g/mol. The topological polar surface area (TPSA) is 46.5 Å². The summed E-state index contributed by atoms with van der Waals surface area (Å²) < 4.78 is 5.11. The molecule has 0 amide bonds. The number of carbonyl (C=O) groups excluding carboxylic acids is 1. The summed E-state index contributed by atoms with van der Waals surface area (Å²) in [5.74, 6) is -0.287. The second-order valence-corrected chi connectivity index (χ2v) is 3.64. The highest BCUT2D eigenvalue weighted by molar-refractivity contribution is 5.95. The fraction of sp³-hybridized carbons (Fsp3) is 0.364. The van der Waals surface area contributed by atoms with Crippen molar-refractivity contribution in [1.82, 2.24) is 0 Å². The molecular formula is C11H12O3. The quantitative estimate of drug-likeness (QED) is 0.640. The molecule has 1 aliphatic rings. The molecule has 0 fully saturated rings. The SMILES string of the molecule is C[C@@H]1OC(=O)c2c(O)cccc2[C@H]1C. The van der Waals surface area contributed by atoms with E-state index in [0.717, 1.165) is 5.56 Å². The van der Waals surface area contributed by atoms with Crippen LogP contribution in [0.4, 0.5) is 0 Å². The average molecular weight is 192 g/mol. The minimum Gasteiger partial charge on any atom is -0.507 e. The van der Waals surface area contributed by atoms with Gasteiger partial charge in [0.25, 0.3) is 0 Å². The summed E-state index contributed by atoms with van der Waals surface area (Å²) in [6.45, 7) is 3.84. The number of ether oxygens (including phenoxy) is 1. The van der Waals surface area contributed by atoms with E-state index in [0.29, 0.717) is 5.56 Å². The van der Waals surface area contributed by atoms with E-state index in [1.807, 2.05) is 19.9 Å². The van der Waals surface area contributed by atoms with Crippen molar-refractivity contribution in [2.75, 3.05) is 0 Å². The van der Waals surface area contributed by atoms with Crippen molar-refractivity contribution in [3.63, 3.8) is 0 Å². The zero-order valence-corrected chi connectivity index (χ0v) is 8.15. The standard InChI is InChI=1S/C11H12O3/c1-6-7(2)14-11(13)10-8(6)4-3-5-9(10)12/h3-7,12H,1-2H3/t6-,7-/m0/s1. The van der Waals surface area contributed by atoms with Gasteiger partial charge >= 0.3 is 5.97 Å². The van der Waals surface area contributed by atoms with Crippen LogP contribution in [0.5, 0.6) is 5.75 Å². The van der Waals surface area contributed by atoms with E-state index in [-0.39, 0.29) is 17.8 Å². The highest BCUT2D eigenvalue weighted by Crippen LogP contribution is 2.35. The van der Waals surface area contributed by atoms with Gasteiger partial charge < -0.3 is 9.84 Å². The summed E-state index contributed by atoms with van der Waals surface area (Å²) in [7, 11) is 0. The lowest BCUT2D eigenvalue weighted by Crippen LogP contribution is -2.28. The molecule has 3 heteroatoms. The average Bonchev–Trinajstić information content (AvgIpc) is 2.14. The fourth-order valence-corrected chi connectivity index (χ4v) is 1.74. The van der Waals surface area contributed by atoms with Crippen molar-refractivity contribution < 1.29 is 14.6 Å². The van der Waals surface area contributed by atoms with E-state index in [4.69, 9.17) is 4.74 Å². The summed E-state index contributed by atoms with van der Waals surface area (Å²) in [5.41, 5.74) is 1.19. The predicted octanol–water partition coefficient (Wildman–Crippen LogP) is 2.05. The van der Waals surface area contributed by atoms with Crippen LogP contribution >= 0.6 is 0 Å². The number of rotatable bonds is 0. The van der Waals surface area contributed by atoms with Crippen LogP contribution < -0.4 is 0 Å². The number of carbonyl (C=O) groups is 1. The monoisotopic (exact) mass is 192 g/mol. The van der Waals surface area contributed by atoms with Gasteiger partial charge in [-0.15, -0.1) is 0 Å². The van der Waals surface area contributed by atoms with E-state index in [2.05, 4.69) is 0 Å². The molecule has 14 heavy (non-hydrogen) atoms. The molecule has 1 heterocycles. The molecule has 0 spiro atoms. The van der Waals surface area contributed by atoms with E-state index >= 15 is 0 Å². The predicted molar refractivity (Wildman–Crippen MR) is 51.4 cm³/mol. The molecule has 0 aliphatic carbocycles. The van der Waals surface area contributed by atoms with Crippen LogP contribution in [0, 0.1) is 0 Å². The molecule has 1 aliphatic heterocycles. The third kappa shape index (κ3) is 1.16. The third-order valence-corrected chi connectivity index (χ3v) is 2.77. The lowest BCUT2D eigenvalue weighted by molar-refractivity contribution is 0.0236. The van der Waals surface area contributed by atoms with E-state index in [1.165, 1.54) is 6.07 Å². The van der Waals surface area contributed by atoms with Crippen molar-refractivity contribution in [3.8, 4) is 5.75 Å². The molecule has 0 radical (unpaired) electrons. The molecule has 2 atom stereocenters. The number of benzene rings is 1. The maximum atomic E-state index is 11.5. The van der Waals surface area contributed by atoms with Gasteiger partial charge in [-0.25, -0.2) is 4.79 Å². The Bertz CT molecular complexity index is 384. The van der Waals surface area contributed by atoms with E-state index in [1.54, 1.807) is 6.07 Å². The summed E-state index contributed by atoms with van der Waals surface area (Å²) in [5, 5.41) is 9.53. The second kappa shape index (κ2) is 3.01. The van der Waals surface area contributed by atoms with E-state index < -0.39 is 5.97 Å². The fourth-order valence-electron chi connectivity index (χ4n) is 1.74. The highest BCUT2D eigenvalue weighted by Gasteiger charge is 2.31. The molecule has 1 aromatic rings. The Balaban J connectivity index is 2.61. The summed E-state index contributed by atoms with van der Waals surface area (Å²) in [4.78, 5) is 11.5. The summed E-state index contributed by atoms with van der Waals surface area (Å²) >= 11 is 0. The lowest BCUT2D eigenvalue weighted by Gasteiger charge is -2.28. The number of esters is 1. The Kier molecular flexibility index (Phi) is 1.95. The number of aromatic hydroxyl groups is 1. The van der Waals surface area contributed by atoms with Gasteiger partial charge in [-0.1, -0.05) is 19.1 Å². The largest absolute Gasteiger partial charge is 0.507 e. The Morgan fingerprint density at radius 2 is 2.07 bits per heavy atom. The number of hydrogen-bond donors (Lipinski definition) is 1. The zero-order chi connectivity index (χ0) is 10.3. The molecule has 74 valence electrons. The first-order chi connectivity index (χ1) is 6.61. The number of hydrogen-bond acceptors (Lipinski definition) is 3. The number of cyclic esters (lactones) is 1. The number of fused-ring (bicyclic) bond motifs is 1. The maximum Gasteiger partial charge on any atom is 0.342 e. The molecule has 2 rings (SSSR count). The minimum atomic E-state index is -0.427. The molecule has 0 unspecified atom stereocenters. The first-order valence-electron chi connectivity index (χ1n) is 4.64. The van der Waals surface area contributed by atoms with Gasteiger partial charge in [0.05, 0.1) is 0 Å². The van der Waals surface area contributed by atoms with Crippen LogP contribution in [-0.2, 0) is 4.74 Å². The smallest absolute Gasteiger partial charge is 0.342 e. The second-order valence-electron chi connectivity index (χ2n) is 3.64. The van der Waals surface area contributed by atoms with Crippen LogP contribution in [0.2, 0.25) is 0 Å². The van der Waals surface area contributed by atoms with Crippen LogP contribution in [-0.4, -0.2) is 17.2 Å². The maximum absolute atomic E-state index is 11.5.